The first-order valence-electron chi connectivity index (χ1n) is 7.38. The number of carbonyl (C=O) groups excluding carboxylic acids is 2. The van der Waals surface area contributed by atoms with Crippen molar-refractivity contribution in [2.24, 2.45) is 5.10 Å². The molecule has 110 valence electrons. The van der Waals surface area contributed by atoms with Gasteiger partial charge in [0.1, 0.15) is 5.71 Å². The third-order valence-corrected chi connectivity index (χ3v) is 4.14. The highest BCUT2D eigenvalue weighted by Gasteiger charge is 2.26. The number of rotatable bonds is 2. The topological polar surface area (TPSA) is 61.8 Å². The number of nitrogens with zero attached hydrogens (tertiary/aromatic N) is 2. The zero-order valence-electron chi connectivity index (χ0n) is 12.1. The van der Waals surface area contributed by atoms with Crippen LogP contribution in [0.2, 0.25) is 0 Å². The molecule has 1 aromatic rings. The van der Waals surface area contributed by atoms with E-state index < -0.39 is 0 Å². The van der Waals surface area contributed by atoms with Crippen molar-refractivity contribution in [3.8, 4) is 0 Å². The van der Waals surface area contributed by atoms with Crippen LogP contribution in [0.3, 0.4) is 0 Å². The van der Waals surface area contributed by atoms with Gasteiger partial charge in [-0.2, -0.15) is 5.10 Å². The summed E-state index contributed by atoms with van der Waals surface area (Å²) >= 11 is 0. The van der Waals surface area contributed by atoms with Gasteiger partial charge < -0.3 is 5.32 Å². The Balaban J connectivity index is 1.74. The minimum absolute atomic E-state index is 0.0467. The van der Waals surface area contributed by atoms with E-state index in [0.29, 0.717) is 18.6 Å². The van der Waals surface area contributed by atoms with Crippen LogP contribution >= 0.6 is 0 Å². The Bertz CT molecular complexity index is 609. The Morgan fingerprint density at radius 3 is 2.90 bits per heavy atom. The maximum Gasteiger partial charge on any atom is 0.267 e. The van der Waals surface area contributed by atoms with E-state index in [1.54, 1.807) is 7.05 Å². The van der Waals surface area contributed by atoms with E-state index in [1.165, 1.54) is 16.1 Å². The molecule has 0 fully saturated rings. The monoisotopic (exact) mass is 285 g/mol. The second-order valence-electron chi connectivity index (χ2n) is 5.58. The fourth-order valence-corrected chi connectivity index (χ4v) is 2.98. The Morgan fingerprint density at radius 2 is 2.10 bits per heavy atom. The van der Waals surface area contributed by atoms with E-state index in [0.717, 1.165) is 19.3 Å². The van der Waals surface area contributed by atoms with E-state index in [2.05, 4.69) is 22.6 Å². The SMILES string of the molecule is CN1N=C(C(=O)N[C@H]2CCCc3ccccc32)CCC1=O. The Hall–Kier alpha value is -2.17. The number of fused-ring (bicyclic) bond motifs is 1. The third kappa shape index (κ3) is 2.82. The summed E-state index contributed by atoms with van der Waals surface area (Å²) in [6, 6.07) is 8.30. The summed E-state index contributed by atoms with van der Waals surface area (Å²) in [6.07, 6.45) is 3.87. The van der Waals surface area contributed by atoms with Gasteiger partial charge in [-0.05, 0) is 30.4 Å². The second kappa shape index (κ2) is 5.68. The lowest BCUT2D eigenvalue weighted by Crippen LogP contribution is -2.40. The van der Waals surface area contributed by atoms with Crippen LogP contribution in [-0.4, -0.2) is 29.6 Å². The first kappa shape index (κ1) is 13.8. The van der Waals surface area contributed by atoms with Crippen molar-refractivity contribution in [3.63, 3.8) is 0 Å². The van der Waals surface area contributed by atoms with Crippen molar-refractivity contribution >= 4 is 17.5 Å². The molecule has 1 aliphatic carbocycles. The van der Waals surface area contributed by atoms with E-state index in [-0.39, 0.29) is 17.9 Å². The fourth-order valence-electron chi connectivity index (χ4n) is 2.98. The Labute approximate surface area is 124 Å². The van der Waals surface area contributed by atoms with E-state index >= 15 is 0 Å². The van der Waals surface area contributed by atoms with Gasteiger partial charge in [0, 0.05) is 19.9 Å². The summed E-state index contributed by atoms with van der Waals surface area (Å²) < 4.78 is 0. The molecule has 2 aliphatic rings. The van der Waals surface area contributed by atoms with Crippen molar-refractivity contribution in [3.05, 3.63) is 35.4 Å². The summed E-state index contributed by atoms with van der Waals surface area (Å²) in [4.78, 5) is 23.8. The zero-order valence-corrected chi connectivity index (χ0v) is 12.1. The number of aryl methyl sites for hydroxylation is 1. The highest BCUT2D eigenvalue weighted by molar-refractivity contribution is 6.39. The summed E-state index contributed by atoms with van der Waals surface area (Å²) in [6.45, 7) is 0. The van der Waals surface area contributed by atoms with Crippen LogP contribution in [-0.2, 0) is 16.0 Å². The van der Waals surface area contributed by atoms with Gasteiger partial charge in [0.05, 0.1) is 6.04 Å². The number of hydrazone groups is 1. The van der Waals surface area contributed by atoms with Crippen molar-refractivity contribution in [1.29, 1.82) is 0 Å². The quantitative estimate of drug-likeness (QED) is 0.900. The number of benzene rings is 1. The number of hydrogen-bond acceptors (Lipinski definition) is 3. The molecule has 1 atom stereocenters. The molecule has 0 unspecified atom stereocenters. The van der Waals surface area contributed by atoms with Crippen molar-refractivity contribution in [1.82, 2.24) is 10.3 Å². The average Bonchev–Trinajstić information content (AvgIpc) is 2.50. The highest BCUT2D eigenvalue weighted by atomic mass is 16.2. The highest BCUT2D eigenvalue weighted by Crippen LogP contribution is 2.29. The zero-order chi connectivity index (χ0) is 14.8. The third-order valence-electron chi connectivity index (χ3n) is 4.14. The molecule has 2 amide bonds. The van der Waals surface area contributed by atoms with Gasteiger partial charge in [-0.1, -0.05) is 24.3 Å². The number of amides is 2. The van der Waals surface area contributed by atoms with Gasteiger partial charge in [0.2, 0.25) is 5.91 Å². The smallest absolute Gasteiger partial charge is 0.267 e. The van der Waals surface area contributed by atoms with Crippen LogP contribution in [0.4, 0.5) is 0 Å². The molecule has 1 aromatic carbocycles. The van der Waals surface area contributed by atoms with Crippen molar-refractivity contribution < 1.29 is 9.59 Å². The molecule has 3 rings (SSSR count). The number of carbonyl (C=O) groups is 2. The molecule has 0 radical (unpaired) electrons. The molecule has 0 saturated carbocycles. The van der Waals surface area contributed by atoms with E-state index in [4.69, 9.17) is 0 Å². The minimum atomic E-state index is -0.156. The Kier molecular flexibility index (Phi) is 3.73. The lowest BCUT2D eigenvalue weighted by atomic mass is 9.87. The summed E-state index contributed by atoms with van der Waals surface area (Å²) in [5, 5.41) is 8.40. The average molecular weight is 285 g/mol. The van der Waals surface area contributed by atoms with Crippen LogP contribution < -0.4 is 5.32 Å². The molecule has 1 aliphatic heterocycles. The molecule has 5 heteroatoms. The van der Waals surface area contributed by atoms with Crippen molar-refractivity contribution in [2.45, 2.75) is 38.1 Å². The molecule has 0 bridgehead atoms. The van der Waals surface area contributed by atoms with Crippen LogP contribution in [0.1, 0.15) is 42.9 Å². The predicted molar refractivity (Wildman–Crippen MR) is 79.7 cm³/mol. The molecule has 21 heavy (non-hydrogen) atoms. The molecule has 0 saturated heterocycles. The first-order chi connectivity index (χ1) is 10.1. The van der Waals surface area contributed by atoms with Gasteiger partial charge in [0.25, 0.3) is 5.91 Å². The number of hydrogen-bond donors (Lipinski definition) is 1. The van der Waals surface area contributed by atoms with Crippen LogP contribution in [0.5, 0.6) is 0 Å². The molecule has 1 N–H and O–H groups in total. The maximum atomic E-state index is 12.3. The van der Waals surface area contributed by atoms with Crippen LogP contribution in [0.25, 0.3) is 0 Å². The molecular formula is C16H19N3O2. The van der Waals surface area contributed by atoms with E-state index in [9.17, 15) is 9.59 Å². The van der Waals surface area contributed by atoms with Crippen molar-refractivity contribution in [2.75, 3.05) is 7.05 Å². The molecule has 0 aromatic heterocycles. The van der Waals surface area contributed by atoms with Crippen LogP contribution in [0.15, 0.2) is 29.4 Å². The minimum Gasteiger partial charge on any atom is -0.344 e. The van der Waals surface area contributed by atoms with Gasteiger partial charge in [-0.25, -0.2) is 5.01 Å². The van der Waals surface area contributed by atoms with E-state index in [1.807, 2.05) is 12.1 Å². The van der Waals surface area contributed by atoms with Gasteiger partial charge >= 0.3 is 0 Å². The standard InChI is InChI=1S/C16H19N3O2/c1-19-15(20)10-9-14(18-19)16(21)17-13-8-4-6-11-5-2-3-7-12(11)13/h2-3,5,7,13H,4,6,8-10H2,1H3,(H,17,21)/t13-/m0/s1. The van der Waals surface area contributed by atoms with Gasteiger partial charge in [0.15, 0.2) is 0 Å². The van der Waals surface area contributed by atoms with Gasteiger partial charge in [-0.15, -0.1) is 0 Å². The number of nitrogens with one attached hydrogen (secondary N) is 1. The van der Waals surface area contributed by atoms with Gasteiger partial charge in [-0.3, -0.25) is 9.59 Å². The fraction of sp³-hybridized carbons (Fsp3) is 0.438. The maximum absolute atomic E-state index is 12.3. The summed E-state index contributed by atoms with van der Waals surface area (Å²) in [5.74, 6) is -0.203. The summed E-state index contributed by atoms with van der Waals surface area (Å²) in [5.41, 5.74) is 2.96. The largest absolute Gasteiger partial charge is 0.344 e. The first-order valence-corrected chi connectivity index (χ1v) is 7.38. The Morgan fingerprint density at radius 1 is 1.29 bits per heavy atom. The molecular weight excluding hydrogens is 266 g/mol. The second-order valence-corrected chi connectivity index (χ2v) is 5.58. The lowest BCUT2D eigenvalue weighted by Gasteiger charge is -2.27. The normalized spacial score (nSPS) is 21.6. The molecule has 5 nitrogen and oxygen atoms in total. The molecule has 0 spiro atoms. The lowest BCUT2D eigenvalue weighted by molar-refractivity contribution is -0.130. The summed E-state index contributed by atoms with van der Waals surface area (Å²) in [7, 11) is 1.59. The molecule has 1 heterocycles. The predicted octanol–water partition coefficient (Wildman–Crippen LogP) is 1.79. The van der Waals surface area contributed by atoms with Crippen LogP contribution in [0, 0.1) is 0 Å².